The van der Waals surface area contributed by atoms with E-state index in [1.165, 1.54) is 45.0 Å². The van der Waals surface area contributed by atoms with Gasteiger partial charge in [0, 0.05) is 15.8 Å². The maximum atomic E-state index is 14.5. The van der Waals surface area contributed by atoms with Gasteiger partial charge in [-0.05, 0) is 67.0 Å². The fourth-order valence-electron chi connectivity index (χ4n) is 4.29. The van der Waals surface area contributed by atoms with Gasteiger partial charge >= 0.3 is 0 Å². The molecule has 4 heteroatoms. The van der Waals surface area contributed by atoms with Crippen LogP contribution in [0, 0.1) is 18.7 Å². The van der Waals surface area contributed by atoms with Crippen molar-refractivity contribution in [3.05, 3.63) is 76.4 Å². The number of hydrogen-bond acceptors (Lipinski definition) is 2. The number of aromatic nitrogens is 1. The molecular formula is C25H22ClFNS-. The van der Waals surface area contributed by atoms with E-state index in [9.17, 15) is 4.39 Å². The molecule has 0 saturated heterocycles. The fourth-order valence-corrected chi connectivity index (χ4v) is 5.70. The molecule has 1 aliphatic rings. The van der Waals surface area contributed by atoms with Gasteiger partial charge < -0.3 is 12.4 Å². The van der Waals surface area contributed by atoms with E-state index < -0.39 is 0 Å². The normalized spacial score (nSPS) is 15.8. The van der Waals surface area contributed by atoms with Crippen LogP contribution in [0.1, 0.15) is 29.3 Å². The molecule has 0 aliphatic heterocycles. The third-order valence-electron chi connectivity index (χ3n) is 5.74. The van der Waals surface area contributed by atoms with Gasteiger partial charge in [-0.2, -0.15) is 0 Å². The zero-order valence-corrected chi connectivity index (χ0v) is 18.1. The Morgan fingerprint density at radius 3 is 2.66 bits per heavy atom. The van der Waals surface area contributed by atoms with Crippen LogP contribution < -0.4 is 12.4 Å². The molecule has 0 N–H and O–H groups in total. The topological polar surface area (TPSA) is 12.9 Å². The van der Waals surface area contributed by atoms with E-state index in [0.717, 1.165) is 17.7 Å². The van der Waals surface area contributed by atoms with Crippen LogP contribution in [0.5, 0.6) is 0 Å². The second kappa shape index (κ2) is 7.89. The number of thiophene rings is 1. The van der Waals surface area contributed by atoms with Gasteiger partial charge in [-0.3, -0.25) is 0 Å². The Balaban J connectivity index is 0.00000205. The lowest BCUT2D eigenvalue weighted by Gasteiger charge is -2.18. The summed E-state index contributed by atoms with van der Waals surface area (Å²) in [6.07, 6.45) is 3.45. The minimum atomic E-state index is -0.223. The Morgan fingerprint density at radius 1 is 1.03 bits per heavy atom. The first-order valence-corrected chi connectivity index (χ1v) is 10.7. The summed E-state index contributed by atoms with van der Waals surface area (Å²) in [5.41, 5.74) is 6.34. The van der Waals surface area contributed by atoms with Crippen LogP contribution in [-0.4, -0.2) is 4.98 Å². The summed E-state index contributed by atoms with van der Waals surface area (Å²) >= 11 is 1.80. The lowest BCUT2D eigenvalue weighted by Crippen LogP contribution is -3.00. The highest BCUT2D eigenvalue weighted by Gasteiger charge is 2.24. The van der Waals surface area contributed by atoms with E-state index in [0.29, 0.717) is 17.2 Å². The molecule has 1 aliphatic carbocycles. The molecule has 1 nitrogen and oxygen atoms in total. The van der Waals surface area contributed by atoms with Gasteiger partial charge in [-0.1, -0.05) is 48.9 Å². The molecule has 0 amide bonds. The van der Waals surface area contributed by atoms with Crippen LogP contribution in [0.25, 0.3) is 32.6 Å². The van der Waals surface area contributed by atoms with Crippen LogP contribution in [0.3, 0.4) is 0 Å². The molecule has 148 valence electrons. The minimum Gasteiger partial charge on any atom is -1.00 e. The van der Waals surface area contributed by atoms with E-state index in [4.69, 9.17) is 4.98 Å². The Kier molecular flexibility index (Phi) is 5.46. The van der Waals surface area contributed by atoms with Crippen LogP contribution in [0.4, 0.5) is 4.39 Å². The zero-order valence-electron chi connectivity index (χ0n) is 16.5. The van der Waals surface area contributed by atoms with E-state index in [-0.39, 0.29) is 18.2 Å². The summed E-state index contributed by atoms with van der Waals surface area (Å²) in [6.45, 7) is 4.44. The summed E-state index contributed by atoms with van der Waals surface area (Å²) in [5, 5.41) is 1.28. The van der Waals surface area contributed by atoms with Crippen molar-refractivity contribution in [2.75, 3.05) is 0 Å². The Bertz CT molecular complexity index is 1200. The fraction of sp³-hybridized carbons (Fsp3) is 0.240. The summed E-state index contributed by atoms with van der Waals surface area (Å²) in [6, 6.07) is 17.6. The number of hydrogen-bond donors (Lipinski definition) is 0. The van der Waals surface area contributed by atoms with Crippen LogP contribution in [0.2, 0.25) is 0 Å². The van der Waals surface area contributed by atoms with Crippen molar-refractivity contribution in [2.45, 2.75) is 33.1 Å². The molecule has 2 aromatic carbocycles. The third-order valence-corrected chi connectivity index (χ3v) is 6.89. The molecule has 5 rings (SSSR count). The lowest BCUT2D eigenvalue weighted by atomic mass is 9.87. The largest absolute Gasteiger partial charge is 1.00 e. The molecule has 0 spiro atoms. The molecule has 4 aromatic rings. The predicted octanol–water partition coefficient (Wildman–Crippen LogP) is 4.21. The standard InChI is InChI=1S/C25H22FNS.ClH/c1-15-6-5-7-17(12-15)20-14-22(18-8-3-4-9-21(18)26)27-25-24(20)19-11-10-16(2)13-23(19)28-25;/h3-9,12,14,16H,10-11,13H2,1-2H3;1H/p-1. The molecule has 29 heavy (non-hydrogen) atoms. The number of rotatable bonds is 2. The van der Waals surface area contributed by atoms with Crippen molar-refractivity contribution in [1.82, 2.24) is 4.98 Å². The molecule has 0 radical (unpaired) electrons. The van der Waals surface area contributed by atoms with Gasteiger partial charge in [0.1, 0.15) is 10.6 Å². The van der Waals surface area contributed by atoms with Crippen LogP contribution in [0.15, 0.2) is 54.6 Å². The lowest BCUT2D eigenvalue weighted by molar-refractivity contribution is -0.00000620. The average Bonchev–Trinajstić information content (AvgIpc) is 3.05. The minimum absolute atomic E-state index is 0. The van der Waals surface area contributed by atoms with Crippen molar-refractivity contribution < 1.29 is 16.8 Å². The maximum absolute atomic E-state index is 14.5. The monoisotopic (exact) mass is 422 g/mol. The first-order valence-electron chi connectivity index (χ1n) is 9.87. The molecule has 1 atom stereocenters. The Labute approximate surface area is 181 Å². The summed E-state index contributed by atoms with van der Waals surface area (Å²) in [5.74, 6) is 0.494. The first-order chi connectivity index (χ1) is 13.6. The van der Waals surface area contributed by atoms with Crippen molar-refractivity contribution >= 4 is 21.6 Å². The molecular weight excluding hydrogens is 401 g/mol. The number of aryl methyl sites for hydroxylation is 2. The van der Waals surface area contributed by atoms with Crippen molar-refractivity contribution in [1.29, 1.82) is 0 Å². The second-order valence-corrected chi connectivity index (χ2v) is 9.02. The number of pyridine rings is 1. The molecule has 0 fully saturated rings. The SMILES string of the molecule is Cc1cccc(-c2cc(-c3ccccc3F)nc3sc4c(c23)CCC(C)C4)c1.[Cl-]. The Morgan fingerprint density at radius 2 is 1.86 bits per heavy atom. The quantitative estimate of drug-likeness (QED) is 0.471. The zero-order chi connectivity index (χ0) is 19.3. The van der Waals surface area contributed by atoms with Gasteiger partial charge in [0.25, 0.3) is 0 Å². The second-order valence-electron chi connectivity index (χ2n) is 7.94. The molecule has 2 heterocycles. The molecule has 0 saturated carbocycles. The number of nitrogens with zero attached hydrogens (tertiary/aromatic N) is 1. The van der Waals surface area contributed by atoms with Crippen LogP contribution in [-0.2, 0) is 12.8 Å². The van der Waals surface area contributed by atoms with E-state index >= 15 is 0 Å². The molecule has 1 unspecified atom stereocenters. The third kappa shape index (κ3) is 3.58. The van der Waals surface area contributed by atoms with Crippen molar-refractivity contribution in [3.63, 3.8) is 0 Å². The van der Waals surface area contributed by atoms with Gasteiger partial charge in [0.2, 0.25) is 0 Å². The number of fused-ring (bicyclic) bond motifs is 3. The molecule has 0 bridgehead atoms. The van der Waals surface area contributed by atoms with Crippen molar-refractivity contribution in [2.24, 2.45) is 5.92 Å². The van der Waals surface area contributed by atoms with Gasteiger partial charge in [0.15, 0.2) is 0 Å². The summed E-state index contributed by atoms with van der Waals surface area (Å²) in [4.78, 5) is 7.42. The number of benzene rings is 2. The van der Waals surface area contributed by atoms with E-state index in [1.807, 2.05) is 12.1 Å². The maximum Gasteiger partial charge on any atom is 0.132 e. The predicted molar refractivity (Wildman–Crippen MR) is 116 cm³/mol. The summed E-state index contributed by atoms with van der Waals surface area (Å²) < 4.78 is 14.5. The highest BCUT2D eigenvalue weighted by atomic mass is 35.5. The summed E-state index contributed by atoms with van der Waals surface area (Å²) in [7, 11) is 0. The van der Waals surface area contributed by atoms with Gasteiger partial charge in [-0.15, -0.1) is 11.3 Å². The smallest absolute Gasteiger partial charge is 0.132 e. The van der Waals surface area contributed by atoms with E-state index in [1.54, 1.807) is 17.4 Å². The molecule has 2 aromatic heterocycles. The van der Waals surface area contributed by atoms with Crippen molar-refractivity contribution in [3.8, 4) is 22.4 Å². The Hall–Kier alpha value is -2.23. The average molecular weight is 423 g/mol. The van der Waals surface area contributed by atoms with Crippen LogP contribution >= 0.6 is 11.3 Å². The number of halogens is 2. The van der Waals surface area contributed by atoms with Gasteiger partial charge in [0.05, 0.1) is 5.69 Å². The first kappa shape index (κ1) is 20.1. The highest BCUT2D eigenvalue weighted by molar-refractivity contribution is 7.19. The van der Waals surface area contributed by atoms with Gasteiger partial charge in [-0.25, -0.2) is 9.37 Å². The van der Waals surface area contributed by atoms with E-state index in [2.05, 4.69) is 44.2 Å². The highest BCUT2D eigenvalue weighted by Crippen LogP contribution is 2.43.